The fourth-order valence-corrected chi connectivity index (χ4v) is 3.12. The minimum atomic E-state index is 0.505. The molecule has 0 aromatic carbocycles. The summed E-state index contributed by atoms with van der Waals surface area (Å²) < 4.78 is 0. The molecule has 0 aliphatic heterocycles. The van der Waals surface area contributed by atoms with Gasteiger partial charge in [0.1, 0.15) is 0 Å². The van der Waals surface area contributed by atoms with Crippen LogP contribution < -0.4 is 0 Å². The molecule has 0 radical (unpaired) electrons. The molecule has 1 unspecified atom stereocenters. The van der Waals surface area contributed by atoms with Gasteiger partial charge < -0.3 is 0 Å². The van der Waals surface area contributed by atoms with E-state index in [0.29, 0.717) is 5.41 Å². The second-order valence-corrected chi connectivity index (χ2v) is 8.30. The van der Waals surface area contributed by atoms with Crippen LogP contribution in [0.2, 0.25) is 0 Å². The molecule has 0 bridgehead atoms. The van der Waals surface area contributed by atoms with Crippen molar-refractivity contribution in [1.82, 2.24) is 0 Å². The van der Waals surface area contributed by atoms with E-state index in [2.05, 4.69) is 41.5 Å². The Morgan fingerprint density at radius 2 is 1.10 bits per heavy atom. The van der Waals surface area contributed by atoms with Gasteiger partial charge in [-0.25, -0.2) is 0 Å². The average Bonchev–Trinajstić information content (AvgIpc) is 2.33. The van der Waals surface area contributed by atoms with Gasteiger partial charge in [-0.15, -0.1) is 0 Å². The summed E-state index contributed by atoms with van der Waals surface area (Å²) >= 11 is 0. The molecule has 0 nitrogen and oxygen atoms in total. The highest BCUT2D eigenvalue weighted by atomic mass is 14.3. The lowest BCUT2D eigenvalue weighted by atomic mass is 9.75. The monoisotopic (exact) mass is 282 g/mol. The zero-order chi connectivity index (χ0) is 15.4. The van der Waals surface area contributed by atoms with Crippen molar-refractivity contribution in [3.05, 3.63) is 0 Å². The Hall–Kier alpha value is 0. The Balaban J connectivity index is 3.69. The first-order chi connectivity index (χ1) is 9.38. The Bertz CT molecular complexity index is 197. The first kappa shape index (κ1) is 20.0. The lowest BCUT2D eigenvalue weighted by Gasteiger charge is -2.31. The van der Waals surface area contributed by atoms with Crippen LogP contribution in [0.4, 0.5) is 0 Å². The molecule has 0 spiro atoms. The van der Waals surface area contributed by atoms with Gasteiger partial charge in [0.05, 0.1) is 0 Å². The molecule has 1 atom stereocenters. The summed E-state index contributed by atoms with van der Waals surface area (Å²) in [4.78, 5) is 0. The molecule has 0 aromatic heterocycles. The second kappa shape index (κ2) is 11.6. The third-order valence-corrected chi connectivity index (χ3v) is 4.71. The summed E-state index contributed by atoms with van der Waals surface area (Å²) in [6, 6.07) is 0. The first-order valence-electron chi connectivity index (χ1n) is 9.38. The van der Waals surface area contributed by atoms with Crippen LogP contribution in [0, 0.1) is 17.3 Å². The highest BCUT2D eigenvalue weighted by Gasteiger charge is 2.23. The SMILES string of the molecule is CCCCCC(CCCCCCCC(C)C)C(C)(C)C. The maximum atomic E-state index is 2.44. The van der Waals surface area contributed by atoms with Gasteiger partial charge >= 0.3 is 0 Å². The van der Waals surface area contributed by atoms with Crippen molar-refractivity contribution >= 4 is 0 Å². The Kier molecular flexibility index (Phi) is 11.6. The molecule has 0 saturated heterocycles. The van der Waals surface area contributed by atoms with Crippen molar-refractivity contribution in [2.75, 3.05) is 0 Å². The van der Waals surface area contributed by atoms with Gasteiger partial charge in [-0.3, -0.25) is 0 Å². The van der Waals surface area contributed by atoms with Gasteiger partial charge in [0, 0.05) is 0 Å². The number of rotatable bonds is 12. The van der Waals surface area contributed by atoms with Crippen LogP contribution in [-0.4, -0.2) is 0 Å². The van der Waals surface area contributed by atoms with Crippen LogP contribution in [0.3, 0.4) is 0 Å². The summed E-state index contributed by atoms with van der Waals surface area (Å²) in [6.45, 7) is 14.3. The third-order valence-electron chi connectivity index (χ3n) is 4.71. The van der Waals surface area contributed by atoms with Crippen LogP contribution in [0.15, 0.2) is 0 Å². The molecule has 0 aliphatic carbocycles. The molecular formula is C20H42. The normalized spacial score (nSPS) is 13.9. The minimum Gasteiger partial charge on any atom is -0.0654 e. The predicted molar refractivity (Wildman–Crippen MR) is 94.2 cm³/mol. The molecule has 0 heterocycles. The van der Waals surface area contributed by atoms with Gasteiger partial charge in [-0.2, -0.15) is 0 Å². The molecule has 0 heteroatoms. The highest BCUT2D eigenvalue weighted by Crippen LogP contribution is 2.34. The standard InChI is InChI=1S/C20H42/c1-7-8-12-16-19(20(4,5)6)17-14-11-9-10-13-15-18(2)3/h18-19H,7-17H2,1-6H3. The molecule has 0 N–H and O–H groups in total. The van der Waals surface area contributed by atoms with Crippen molar-refractivity contribution in [2.24, 2.45) is 17.3 Å². The fraction of sp³-hybridized carbons (Fsp3) is 1.00. The van der Waals surface area contributed by atoms with Crippen LogP contribution in [0.5, 0.6) is 0 Å². The lowest BCUT2D eigenvalue weighted by molar-refractivity contribution is 0.201. The predicted octanol–water partition coefficient (Wildman–Crippen LogP) is 7.62. The maximum Gasteiger partial charge on any atom is -0.0354 e. The lowest BCUT2D eigenvalue weighted by Crippen LogP contribution is -2.20. The Morgan fingerprint density at radius 3 is 1.55 bits per heavy atom. The third kappa shape index (κ3) is 11.8. The van der Waals surface area contributed by atoms with Crippen LogP contribution in [0.25, 0.3) is 0 Å². The minimum absolute atomic E-state index is 0.505. The van der Waals surface area contributed by atoms with Gasteiger partial charge in [0.15, 0.2) is 0 Å². The Labute approximate surface area is 130 Å². The molecule has 0 aromatic rings. The fourth-order valence-electron chi connectivity index (χ4n) is 3.12. The van der Waals surface area contributed by atoms with Crippen molar-refractivity contribution in [2.45, 2.75) is 112 Å². The van der Waals surface area contributed by atoms with Crippen molar-refractivity contribution in [1.29, 1.82) is 0 Å². The molecule has 0 saturated carbocycles. The van der Waals surface area contributed by atoms with Crippen molar-refractivity contribution in [3.8, 4) is 0 Å². The van der Waals surface area contributed by atoms with E-state index in [0.717, 1.165) is 11.8 Å². The van der Waals surface area contributed by atoms with Gasteiger partial charge in [0.2, 0.25) is 0 Å². The van der Waals surface area contributed by atoms with Gasteiger partial charge in [-0.05, 0) is 30.1 Å². The molecular weight excluding hydrogens is 240 g/mol. The van der Waals surface area contributed by atoms with Gasteiger partial charge in [0.25, 0.3) is 0 Å². The zero-order valence-corrected chi connectivity index (χ0v) is 15.4. The summed E-state index contributed by atoms with van der Waals surface area (Å²) in [7, 11) is 0. The zero-order valence-electron chi connectivity index (χ0n) is 15.4. The molecule has 20 heavy (non-hydrogen) atoms. The Morgan fingerprint density at radius 1 is 0.650 bits per heavy atom. The van der Waals surface area contributed by atoms with Crippen LogP contribution >= 0.6 is 0 Å². The molecule has 0 aliphatic rings. The van der Waals surface area contributed by atoms with E-state index in [-0.39, 0.29) is 0 Å². The first-order valence-corrected chi connectivity index (χ1v) is 9.38. The van der Waals surface area contributed by atoms with Gasteiger partial charge in [-0.1, -0.05) is 99.3 Å². The summed E-state index contributed by atoms with van der Waals surface area (Å²) in [5.41, 5.74) is 0.505. The topological polar surface area (TPSA) is 0 Å². The highest BCUT2D eigenvalue weighted by molar-refractivity contribution is 4.74. The van der Waals surface area contributed by atoms with Crippen LogP contribution in [-0.2, 0) is 0 Å². The largest absolute Gasteiger partial charge is 0.0654 e. The van der Waals surface area contributed by atoms with E-state index in [9.17, 15) is 0 Å². The average molecular weight is 283 g/mol. The molecule has 0 amide bonds. The van der Waals surface area contributed by atoms with E-state index in [1.165, 1.54) is 70.6 Å². The van der Waals surface area contributed by atoms with E-state index >= 15 is 0 Å². The number of unbranched alkanes of at least 4 members (excludes halogenated alkanes) is 6. The molecule has 122 valence electrons. The summed E-state index contributed by atoms with van der Waals surface area (Å²) in [5.74, 6) is 1.82. The van der Waals surface area contributed by atoms with Crippen LogP contribution in [0.1, 0.15) is 112 Å². The van der Waals surface area contributed by atoms with Crippen molar-refractivity contribution < 1.29 is 0 Å². The quantitative estimate of drug-likeness (QED) is 0.323. The smallest absolute Gasteiger partial charge is 0.0354 e. The number of hydrogen-bond acceptors (Lipinski definition) is 0. The molecule has 0 rings (SSSR count). The number of hydrogen-bond donors (Lipinski definition) is 0. The summed E-state index contributed by atoms with van der Waals surface area (Å²) in [5, 5.41) is 0. The van der Waals surface area contributed by atoms with E-state index < -0.39 is 0 Å². The maximum absolute atomic E-state index is 2.44. The van der Waals surface area contributed by atoms with E-state index in [1.807, 2.05) is 0 Å². The second-order valence-electron chi connectivity index (χ2n) is 8.30. The van der Waals surface area contributed by atoms with E-state index in [1.54, 1.807) is 0 Å². The van der Waals surface area contributed by atoms with E-state index in [4.69, 9.17) is 0 Å². The molecule has 0 fully saturated rings. The van der Waals surface area contributed by atoms with Crippen molar-refractivity contribution in [3.63, 3.8) is 0 Å². The summed E-state index contributed by atoms with van der Waals surface area (Å²) in [6.07, 6.45) is 15.8.